The molecule has 2 heteroatoms. The van der Waals surface area contributed by atoms with Crippen LogP contribution >= 0.6 is 15.8 Å². The first kappa shape index (κ1) is 16.3. The first-order chi connectivity index (χ1) is 10.6. The summed E-state index contributed by atoms with van der Waals surface area (Å²) in [6.45, 7) is 10.2. The Kier molecular flexibility index (Phi) is 4.68. The molecule has 2 aliphatic heterocycles. The average Bonchev–Trinajstić information content (AvgIpc) is 3.07. The summed E-state index contributed by atoms with van der Waals surface area (Å²) >= 11 is 0. The molecule has 126 valence electrons. The van der Waals surface area contributed by atoms with Crippen molar-refractivity contribution in [3.8, 4) is 0 Å². The van der Waals surface area contributed by atoms with Gasteiger partial charge in [0.1, 0.15) is 0 Å². The van der Waals surface area contributed by atoms with Gasteiger partial charge in [0.2, 0.25) is 0 Å². The Hall–Kier alpha value is 0.860. The minimum atomic E-state index is 0.392. The van der Waals surface area contributed by atoms with Gasteiger partial charge in [0.05, 0.1) is 0 Å². The van der Waals surface area contributed by atoms with Crippen molar-refractivity contribution >= 4 is 15.8 Å². The molecular formula is C20H36P2. The SMILES string of the molecule is C[C@@H]1C[C@@H](C)P1C1CCC(C2CCC[C@H]2P2[C@H](C)C[C@H]2C)C1. The van der Waals surface area contributed by atoms with Gasteiger partial charge < -0.3 is 0 Å². The molecule has 2 saturated carbocycles. The molecule has 0 aromatic heterocycles. The van der Waals surface area contributed by atoms with E-state index in [-0.39, 0.29) is 0 Å². The molecule has 0 aromatic carbocycles. The zero-order chi connectivity index (χ0) is 15.4. The molecule has 2 aliphatic carbocycles. The van der Waals surface area contributed by atoms with Crippen molar-refractivity contribution in [3.05, 3.63) is 0 Å². The predicted molar refractivity (Wildman–Crippen MR) is 103 cm³/mol. The van der Waals surface area contributed by atoms with E-state index in [2.05, 4.69) is 27.7 Å². The van der Waals surface area contributed by atoms with E-state index in [1.54, 1.807) is 51.4 Å². The quantitative estimate of drug-likeness (QED) is 0.505. The zero-order valence-corrected chi connectivity index (χ0v) is 17.0. The molecule has 8 atom stereocenters. The first-order valence-electron chi connectivity index (χ1n) is 10.1. The molecule has 22 heavy (non-hydrogen) atoms. The van der Waals surface area contributed by atoms with Gasteiger partial charge in [-0.15, -0.1) is 0 Å². The maximum Gasteiger partial charge on any atom is -0.0173 e. The van der Waals surface area contributed by atoms with Crippen molar-refractivity contribution < 1.29 is 0 Å². The molecule has 0 nitrogen and oxygen atoms in total. The molecule has 0 radical (unpaired) electrons. The van der Waals surface area contributed by atoms with Crippen LogP contribution < -0.4 is 0 Å². The summed E-state index contributed by atoms with van der Waals surface area (Å²) in [7, 11) is 0.798. The second-order valence-corrected chi connectivity index (χ2v) is 15.9. The van der Waals surface area contributed by atoms with E-state index in [1.807, 2.05) is 0 Å². The maximum absolute atomic E-state index is 2.57. The van der Waals surface area contributed by atoms with Crippen LogP contribution in [0.1, 0.15) is 79.1 Å². The number of rotatable bonds is 3. The van der Waals surface area contributed by atoms with Crippen LogP contribution in [0.4, 0.5) is 0 Å². The third-order valence-corrected chi connectivity index (χ3v) is 15.4. The number of hydrogen-bond donors (Lipinski definition) is 0. The first-order valence-corrected chi connectivity index (χ1v) is 13.2. The van der Waals surface area contributed by atoms with Crippen LogP contribution in [0.25, 0.3) is 0 Å². The molecule has 4 fully saturated rings. The Bertz CT molecular complexity index is 393. The fourth-order valence-electron chi connectivity index (χ4n) is 6.98. The molecule has 0 N–H and O–H groups in total. The van der Waals surface area contributed by atoms with Gasteiger partial charge in [-0.3, -0.25) is 0 Å². The van der Waals surface area contributed by atoms with Gasteiger partial charge in [0.15, 0.2) is 0 Å². The Labute approximate surface area is 141 Å². The molecule has 0 amide bonds. The minimum Gasteiger partial charge on any atom is -0.0976 e. The van der Waals surface area contributed by atoms with Crippen LogP contribution in [0.15, 0.2) is 0 Å². The Balaban J connectivity index is 1.40. The monoisotopic (exact) mass is 338 g/mol. The smallest absolute Gasteiger partial charge is 0.0173 e. The van der Waals surface area contributed by atoms with Crippen molar-refractivity contribution in [2.75, 3.05) is 0 Å². The van der Waals surface area contributed by atoms with Gasteiger partial charge in [-0.2, -0.15) is 0 Å². The van der Waals surface area contributed by atoms with Crippen molar-refractivity contribution in [2.24, 2.45) is 11.8 Å². The lowest BCUT2D eigenvalue weighted by molar-refractivity contribution is 0.348. The Morgan fingerprint density at radius 3 is 1.86 bits per heavy atom. The summed E-state index contributed by atoms with van der Waals surface area (Å²) in [5.74, 6) is 2.30. The standard InChI is InChI=1S/C20H36P2/c1-13-10-14(2)21(13)18-9-8-17(12-18)19-6-5-7-20(19)22-15(3)11-16(22)4/h13-20H,5-12H2,1-4H3/t13-,14-,15-,16-,17?,18?,19?,20-/m1/s1. The molecule has 0 aromatic rings. The molecular weight excluding hydrogens is 302 g/mol. The summed E-state index contributed by atoms with van der Waals surface area (Å²) < 4.78 is 0. The minimum absolute atomic E-state index is 0.392. The summed E-state index contributed by atoms with van der Waals surface area (Å²) in [6.07, 6.45) is 12.7. The molecule has 3 unspecified atom stereocenters. The van der Waals surface area contributed by atoms with Gasteiger partial charge in [0, 0.05) is 0 Å². The third-order valence-electron chi connectivity index (χ3n) is 7.79. The van der Waals surface area contributed by atoms with Crippen LogP contribution in [-0.4, -0.2) is 34.0 Å². The van der Waals surface area contributed by atoms with Crippen LogP contribution in [0.2, 0.25) is 0 Å². The molecule has 0 spiro atoms. The van der Waals surface area contributed by atoms with Crippen molar-refractivity contribution in [1.29, 1.82) is 0 Å². The van der Waals surface area contributed by atoms with Crippen molar-refractivity contribution in [1.82, 2.24) is 0 Å². The second-order valence-electron chi connectivity index (χ2n) is 9.15. The van der Waals surface area contributed by atoms with Gasteiger partial charge >= 0.3 is 0 Å². The number of hydrogen-bond acceptors (Lipinski definition) is 0. The van der Waals surface area contributed by atoms with Crippen LogP contribution in [0.5, 0.6) is 0 Å². The lowest BCUT2D eigenvalue weighted by atomic mass is 9.89. The van der Waals surface area contributed by atoms with Crippen LogP contribution in [-0.2, 0) is 0 Å². The van der Waals surface area contributed by atoms with Crippen LogP contribution in [0, 0.1) is 11.8 Å². The average molecular weight is 338 g/mol. The fraction of sp³-hybridized carbons (Fsp3) is 1.00. The van der Waals surface area contributed by atoms with E-state index in [0.717, 1.165) is 34.5 Å². The Morgan fingerprint density at radius 2 is 1.27 bits per heavy atom. The molecule has 2 saturated heterocycles. The lowest BCUT2D eigenvalue weighted by Gasteiger charge is -2.49. The summed E-state index contributed by atoms with van der Waals surface area (Å²) in [5, 5.41) is 0. The van der Waals surface area contributed by atoms with E-state index in [4.69, 9.17) is 0 Å². The summed E-state index contributed by atoms with van der Waals surface area (Å²) in [4.78, 5) is 0. The van der Waals surface area contributed by atoms with E-state index in [1.165, 1.54) is 11.3 Å². The normalized spacial score (nSPS) is 53.5. The van der Waals surface area contributed by atoms with Gasteiger partial charge in [-0.25, -0.2) is 0 Å². The lowest BCUT2D eigenvalue weighted by Crippen LogP contribution is -2.35. The Morgan fingerprint density at radius 1 is 0.636 bits per heavy atom. The fourth-order valence-corrected chi connectivity index (χ4v) is 15.2. The largest absolute Gasteiger partial charge is 0.0976 e. The second kappa shape index (κ2) is 6.30. The highest BCUT2D eigenvalue weighted by Crippen LogP contribution is 2.70. The molecule has 0 bridgehead atoms. The highest BCUT2D eigenvalue weighted by atomic mass is 31.1. The van der Waals surface area contributed by atoms with E-state index in [9.17, 15) is 0 Å². The van der Waals surface area contributed by atoms with Crippen LogP contribution in [0.3, 0.4) is 0 Å². The van der Waals surface area contributed by atoms with E-state index < -0.39 is 0 Å². The molecule has 4 aliphatic rings. The van der Waals surface area contributed by atoms with Gasteiger partial charge in [0.25, 0.3) is 0 Å². The highest BCUT2D eigenvalue weighted by molar-refractivity contribution is 7.61. The predicted octanol–water partition coefficient (Wildman–Crippen LogP) is 6.65. The third kappa shape index (κ3) is 2.64. The molecule has 4 rings (SSSR count). The zero-order valence-electron chi connectivity index (χ0n) is 15.2. The maximum atomic E-state index is 2.57. The van der Waals surface area contributed by atoms with Crippen molar-refractivity contribution in [2.45, 2.75) is 113 Å². The summed E-state index contributed by atoms with van der Waals surface area (Å²) in [5.41, 5.74) is 6.76. The highest BCUT2D eigenvalue weighted by Gasteiger charge is 2.49. The van der Waals surface area contributed by atoms with E-state index >= 15 is 0 Å². The summed E-state index contributed by atoms with van der Waals surface area (Å²) in [6, 6.07) is 0. The van der Waals surface area contributed by atoms with Gasteiger partial charge in [-0.1, -0.05) is 50.0 Å². The van der Waals surface area contributed by atoms with E-state index in [0.29, 0.717) is 15.8 Å². The topological polar surface area (TPSA) is 0 Å². The van der Waals surface area contributed by atoms with Crippen molar-refractivity contribution in [3.63, 3.8) is 0 Å². The molecule has 2 heterocycles. The van der Waals surface area contributed by atoms with Gasteiger partial charge in [-0.05, 0) is 90.7 Å².